The van der Waals surface area contributed by atoms with Gasteiger partial charge in [-0.3, -0.25) is 0 Å². The maximum atomic E-state index is 12.3. The molecule has 0 bridgehead atoms. The molecule has 40 heavy (non-hydrogen) atoms. The Morgan fingerprint density at radius 3 is 0.625 bits per heavy atom. The molecule has 0 amide bonds. The van der Waals surface area contributed by atoms with Crippen LogP contribution in [0, 0.1) is 83.1 Å². The Hall–Kier alpha value is -3.87. The molecule has 0 aliphatic rings. The zero-order valence-corrected chi connectivity index (χ0v) is 25.6. The van der Waals surface area contributed by atoms with Crippen molar-refractivity contribution in [2.75, 3.05) is 0 Å². The number of carboxylic acids is 3. The first-order chi connectivity index (χ1) is 18.4. The molecule has 0 aliphatic carbocycles. The monoisotopic (exact) mass is 542 g/mol. The molecule has 0 spiro atoms. The van der Waals surface area contributed by atoms with Crippen molar-refractivity contribution >= 4 is 41.0 Å². The molecule has 0 heterocycles. The molecule has 0 aromatic heterocycles. The minimum Gasteiger partial charge on any atom is -0.478 e. The molecule has 210 valence electrons. The Kier molecular flexibility index (Phi) is 8.13. The van der Waals surface area contributed by atoms with Crippen LogP contribution in [0.25, 0.3) is 0 Å². The van der Waals surface area contributed by atoms with Crippen LogP contribution >= 0.6 is 0 Å². The minimum atomic E-state index is -0.973. The van der Waals surface area contributed by atoms with E-state index in [0.29, 0.717) is 50.1 Å². The van der Waals surface area contributed by atoms with Gasteiger partial charge < -0.3 is 15.3 Å². The lowest BCUT2D eigenvalue weighted by Crippen LogP contribution is -2.58. The average molecular weight is 542 g/mol. The van der Waals surface area contributed by atoms with Gasteiger partial charge in [-0.25, -0.2) is 14.4 Å². The molecule has 3 N–H and O–H groups in total. The summed E-state index contributed by atoms with van der Waals surface area (Å²) in [6.07, 6.45) is 0. The second-order valence-electron chi connectivity index (χ2n) is 11.2. The van der Waals surface area contributed by atoms with Crippen LogP contribution in [0.4, 0.5) is 0 Å². The quantitative estimate of drug-likeness (QED) is 0.378. The van der Waals surface area contributed by atoms with Gasteiger partial charge in [-0.15, -0.1) is 0 Å². The Bertz CT molecular complexity index is 1360. The summed E-state index contributed by atoms with van der Waals surface area (Å²) < 4.78 is 0. The lowest BCUT2D eigenvalue weighted by atomic mass is 9.32. The summed E-state index contributed by atoms with van der Waals surface area (Å²) in [6, 6.07) is 0. The van der Waals surface area contributed by atoms with Gasteiger partial charge in [0.15, 0.2) is 0 Å². The summed E-state index contributed by atoms with van der Waals surface area (Å²) in [6.45, 7) is 22.3. The summed E-state index contributed by atoms with van der Waals surface area (Å²) in [4.78, 5) is 36.8. The molecule has 0 aliphatic heterocycles. The van der Waals surface area contributed by atoms with Gasteiger partial charge in [0.2, 0.25) is 6.71 Å². The topological polar surface area (TPSA) is 112 Å². The van der Waals surface area contributed by atoms with E-state index < -0.39 is 17.9 Å². The summed E-state index contributed by atoms with van der Waals surface area (Å²) >= 11 is 0. The lowest BCUT2D eigenvalue weighted by Gasteiger charge is -2.32. The van der Waals surface area contributed by atoms with E-state index >= 15 is 0 Å². The molecule has 0 unspecified atom stereocenters. The zero-order valence-electron chi connectivity index (χ0n) is 25.6. The number of hydrogen-bond donors (Lipinski definition) is 3. The van der Waals surface area contributed by atoms with Gasteiger partial charge in [-0.05, 0) is 116 Å². The molecule has 0 saturated heterocycles. The molecule has 7 heteroatoms. The van der Waals surface area contributed by atoms with Crippen molar-refractivity contribution in [1.29, 1.82) is 0 Å². The largest absolute Gasteiger partial charge is 0.478 e. The summed E-state index contributed by atoms with van der Waals surface area (Å²) in [7, 11) is 0. The van der Waals surface area contributed by atoms with Crippen LogP contribution in [0.3, 0.4) is 0 Å². The highest BCUT2D eigenvalue weighted by atomic mass is 16.4. The van der Waals surface area contributed by atoms with Crippen molar-refractivity contribution in [1.82, 2.24) is 0 Å². The van der Waals surface area contributed by atoms with Crippen molar-refractivity contribution in [3.63, 3.8) is 0 Å². The second-order valence-corrected chi connectivity index (χ2v) is 11.2. The van der Waals surface area contributed by atoms with Crippen molar-refractivity contribution in [3.05, 3.63) is 83.5 Å². The van der Waals surface area contributed by atoms with Gasteiger partial charge in [-0.1, -0.05) is 49.8 Å². The smallest absolute Gasteiger partial charge is 0.336 e. The maximum Gasteiger partial charge on any atom is 0.336 e. The van der Waals surface area contributed by atoms with Gasteiger partial charge in [0.1, 0.15) is 0 Å². The second kappa shape index (κ2) is 10.6. The summed E-state index contributed by atoms with van der Waals surface area (Å²) in [5, 5.41) is 30.1. The van der Waals surface area contributed by atoms with E-state index in [0.717, 1.165) is 49.8 Å². The highest BCUT2D eigenvalue weighted by Crippen LogP contribution is 2.27. The molecule has 0 fully saturated rings. The van der Waals surface area contributed by atoms with Crippen LogP contribution in [-0.2, 0) is 0 Å². The van der Waals surface area contributed by atoms with Crippen molar-refractivity contribution in [3.8, 4) is 0 Å². The molecular formula is C33H39BO6. The Labute approximate surface area is 237 Å². The fraction of sp³-hybridized carbons (Fsp3) is 0.364. The average Bonchev–Trinajstić information content (AvgIpc) is 2.85. The van der Waals surface area contributed by atoms with Gasteiger partial charge in [0, 0.05) is 0 Å². The lowest BCUT2D eigenvalue weighted by molar-refractivity contribution is 0.0684. The van der Waals surface area contributed by atoms with E-state index in [-0.39, 0.29) is 6.71 Å². The standard InChI is InChI=1S/C33H39BO6/c1-13-19(7)28(20(8)14(2)25(13)31(35)36)34(29-21(9)15(3)26(32(37)38)16(4)22(29)10)30-23(11)17(5)27(33(39)40)18(6)24(30)12/h1-12H3,(H,35,36)(H,37,38)(H,39,40). The van der Waals surface area contributed by atoms with E-state index in [9.17, 15) is 29.7 Å². The zero-order chi connectivity index (χ0) is 30.7. The number of carboxylic acid groups (broad SMARTS) is 3. The molecule has 0 atom stereocenters. The van der Waals surface area contributed by atoms with Crippen LogP contribution in [0.5, 0.6) is 0 Å². The van der Waals surface area contributed by atoms with Gasteiger partial charge in [-0.2, -0.15) is 0 Å². The molecule has 3 rings (SSSR count). The summed E-state index contributed by atoms with van der Waals surface area (Å²) in [5.74, 6) is -2.92. The van der Waals surface area contributed by atoms with Crippen molar-refractivity contribution in [2.45, 2.75) is 83.1 Å². The normalized spacial score (nSPS) is 11.1. The minimum absolute atomic E-state index is 0.293. The molecule has 0 radical (unpaired) electrons. The highest BCUT2D eigenvalue weighted by molar-refractivity contribution is 6.97. The first kappa shape index (κ1) is 30.7. The predicted octanol–water partition coefficient (Wildman–Crippen LogP) is 5.00. The maximum absolute atomic E-state index is 12.3. The first-order valence-corrected chi connectivity index (χ1v) is 13.4. The number of hydrogen-bond acceptors (Lipinski definition) is 3. The fourth-order valence-electron chi connectivity index (χ4n) is 6.72. The third-order valence-corrected chi connectivity index (χ3v) is 9.56. The van der Waals surface area contributed by atoms with Crippen LogP contribution in [-0.4, -0.2) is 39.9 Å². The van der Waals surface area contributed by atoms with Crippen LogP contribution in [0.1, 0.15) is 97.8 Å². The first-order valence-electron chi connectivity index (χ1n) is 13.4. The van der Waals surface area contributed by atoms with Gasteiger partial charge >= 0.3 is 17.9 Å². The fourth-order valence-corrected chi connectivity index (χ4v) is 6.72. The van der Waals surface area contributed by atoms with E-state index in [2.05, 4.69) is 0 Å². The number of carbonyl (C=O) groups is 3. The van der Waals surface area contributed by atoms with Crippen LogP contribution in [0.15, 0.2) is 0 Å². The Morgan fingerprint density at radius 2 is 0.500 bits per heavy atom. The van der Waals surface area contributed by atoms with E-state index in [1.807, 2.05) is 83.1 Å². The molecule has 3 aromatic carbocycles. The summed E-state index contributed by atoms with van der Waals surface area (Å²) in [5.41, 5.74) is 13.1. The Morgan fingerprint density at radius 1 is 0.350 bits per heavy atom. The van der Waals surface area contributed by atoms with Gasteiger partial charge in [0.05, 0.1) is 16.7 Å². The van der Waals surface area contributed by atoms with E-state index in [1.54, 1.807) is 0 Å². The van der Waals surface area contributed by atoms with Crippen molar-refractivity contribution in [2.24, 2.45) is 0 Å². The van der Waals surface area contributed by atoms with Crippen LogP contribution < -0.4 is 16.4 Å². The molecule has 6 nitrogen and oxygen atoms in total. The van der Waals surface area contributed by atoms with Crippen molar-refractivity contribution < 1.29 is 29.7 Å². The predicted molar refractivity (Wildman–Crippen MR) is 162 cm³/mol. The number of benzene rings is 3. The van der Waals surface area contributed by atoms with E-state index in [4.69, 9.17) is 0 Å². The molecule has 0 saturated carbocycles. The van der Waals surface area contributed by atoms with Crippen LogP contribution in [0.2, 0.25) is 0 Å². The Balaban J connectivity index is 2.73. The highest BCUT2D eigenvalue weighted by Gasteiger charge is 2.36. The van der Waals surface area contributed by atoms with Gasteiger partial charge in [0.25, 0.3) is 0 Å². The SMILES string of the molecule is Cc1c(C)c(C(=O)O)c(C)c(C)c1B(c1c(C)c(C)c(C(=O)O)c(C)c1C)c1c(C)c(C)c(C(=O)O)c(C)c1C. The molecular weight excluding hydrogens is 503 g/mol. The number of aromatic carboxylic acids is 3. The number of rotatable bonds is 6. The third-order valence-electron chi connectivity index (χ3n) is 9.56. The third kappa shape index (κ3) is 4.41. The van der Waals surface area contributed by atoms with E-state index in [1.165, 1.54) is 0 Å². The molecule has 3 aromatic rings.